The van der Waals surface area contributed by atoms with Crippen LogP contribution in [0.1, 0.15) is 6.42 Å². The zero-order valence-electron chi connectivity index (χ0n) is 11.7. The summed E-state index contributed by atoms with van der Waals surface area (Å²) in [5.74, 6) is 0.726. The van der Waals surface area contributed by atoms with E-state index in [9.17, 15) is 0 Å². The lowest BCUT2D eigenvalue weighted by atomic mass is 10.2. The molecule has 4 nitrogen and oxygen atoms in total. The Morgan fingerprint density at radius 1 is 1.00 bits per heavy atom. The molecule has 5 heteroatoms. The van der Waals surface area contributed by atoms with Gasteiger partial charge in [-0.1, -0.05) is 36.0 Å². The second-order valence-corrected chi connectivity index (χ2v) is 5.99. The van der Waals surface area contributed by atoms with E-state index in [0.29, 0.717) is 6.42 Å². The molecule has 4 aromatic rings. The normalized spacial score (nSPS) is 11.2. The summed E-state index contributed by atoms with van der Waals surface area (Å²) in [5, 5.41) is 10.7. The first-order valence-electron chi connectivity index (χ1n) is 7.04. The molecule has 0 saturated carbocycles. The van der Waals surface area contributed by atoms with E-state index in [-0.39, 0.29) is 0 Å². The van der Waals surface area contributed by atoms with Crippen molar-refractivity contribution in [2.45, 2.75) is 11.6 Å². The number of thioether (sulfide) groups is 1. The first-order chi connectivity index (χ1) is 10.9. The fourth-order valence-electron chi connectivity index (χ4n) is 2.60. The molecule has 0 aliphatic carbocycles. The second kappa shape index (κ2) is 5.32. The largest absolute Gasteiger partial charge is 0.271 e. The van der Waals surface area contributed by atoms with E-state index < -0.39 is 0 Å². The number of benzene rings is 2. The van der Waals surface area contributed by atoms with Crippen molar-refractivity contribution in [2.24, 2.45) is 0 Å². The maximum absolute atomic E-state index is 8.76. The maximum atomic E-state index is 8.76. The number of fused-ring (bicyclic) bond motifs is 5. The van der Waals surface area contributed by atoms with E-state index in [0.717, 1.165) is 38.5 Å². The molecule has 0 unspecified atom stereocenters. The lowest BCUT2D eigenvalue weighted by Gasteiger charge is -2.07. The molecule has 2 heterocycles. The number of nitriles is 1. The smallest absolute Gasteiger partial charge is 0.174 e. The van der Waals surface area contributed by atoms with E-state index >= 15 is 0 Å². The quantitative estimate of drug-likeness (QED) is 0.325. The van der Waals surface area contributed by atoms with E-state index in [1.165, 1.54) is 0 Å². The van der Waals surface area contributed by atoms with E-state index in [4.69, 9.17) is 15.2 Å². The number of hydrogen-bond acceptors (Lipinski definition) is 4. The van der Waals surface area contributed by atoms with E-state index in [2.05, 4.69) is 16.5 Å². The van der Waals surface area contributed by atoms with Crippen LogP contribution < -0.4 is 0 Å². The van der Waals surface area contributed by atoms with Gasteiger partial charge in [0.1, 0.15) is 5.65 Å². The summed E-state index contributed by atoms with van der Waals surface area (Å²) >= 11 is 1.60. The minimum absolute atomic E-state index is 0.507. The van der Waals surface area contributed by atoms with Crippen LogP contribution in [0.15, 0.2) is 53.7 Å². The Morgan fingerprint density at radius 3 is 2.64 bits per heavy atom. The Morgan fingerprint density at radius 2 is 1.77 bits per heavy atom. The molecule has 0 atom stereocenters. The summed E-state index contributed by atoms with van der Waals surface area (Å²) in [5.41, 5.74) is 3.87. The van der Waals surface area contributed by atoms with Gasteiger partial charge in [0, 0.05) is 17.6 Å². The Balaban J connectivity index is 2.08. The van der Waals surface area contributed by atoms with Crippen molar-refractivity contribution < 1.29 is 0 Å². The van der Waals surface area contributed by atoms with Crippen molar-refractivity contribution in [1.29, 1.82) is 5.26 Å². The molecular formula is C17H12N4S. The Bertz CT molecular complexity index is 1030. The number of rotatable bonds is 3. The molecule has 106 valence electrons. The van der Waals surface area contributed by atoms with Gasteiger partial charge in [-0.2, -0.15) is 5.26 Å². The monoisotopic (exact) mass is 304 g/mol. The van der Waals surface area contributed by atoms with Crippen LogP contribution in [-0.2, 0) is 0 Å². The molecule has 0 bridgehead atoms. The Hall–Kier alpha value is -2.58. The number of aromatic nitrogens is 3. The third-order valence-corrected chi connectivity index (χ3v) is 4.50. The lowest BCUT2D eigenvalue weighted by molar-refractivity contribution is 0.951. The number of hydrogen-bond donors (Lipinski definition) is 0. The summed E-state index contributed by atoms with van der Waals surface area (Å²) in [6.07, 6.45) is 0.507. The highest BCUT2D eigenvalue weighted by Crippen LogP contribution is 2.28. The van der Waals surface area contributed by atoms with Gasteiger partial charge in [0.2, 0.25) is 0 Å². The van der Waals surface area contributed by atoms with Gasteiger partial charge in [-0.3, -0.25) is 4.40 Å². The second-order valence-electron chi connectivity index (χ2n) is 4.93. The van der Waals surface area contributed by atoms with E-state index in [1.54, 1.807) is 11.8 Å². The van der Waals surface area contributed by atoms with Gasteiger partial charge in [0.15, 0.2) is 5.16 Å². The molecule has 0 spiro atoms. The molecule has 0 aliphatic heterocycles. The number of para-hydroxylation sites is 3. The van der Waals surface area contributed by atoms with Crippen LogP contribution in [0.2, 0.25) is 0 Å². The van der Waals surface area contributed by atoms with Crippen molar-refractivity contribution in [1.82, 2.24) is 14.4 Å². The molecule has 0 radical (unpaired) electrons. The zero-order chi connectivity index (χ0) is 14.9. The highest BCUT2D eigenvalue weighted by atomic mass is 32.2. The summed E-state index contributed by atoms with van der Waals surface area (Å²) in [6.45, 7) is 0. The predicted molar refractivity (Wildman–Crippen MR) is 89.0 cm³/mol. The van der Waals surface area contributed by atoms with Crippen LogP contribution in [-0.4, -0.2) is 20.1 Å². The molecule has 0 N–H and O–H groups in total. The topological polar surface area (TPSA) is 54.0 Å². The van der Waals surface area contributed by atoms with Gasteiger partial charge < -0.3 is 0 Å². The van der Waals surface area contributed by atoms with Crippen molar-refractivity contribution >= 4 is 39.3 Å². The maximum Gasteiger partial charge on any atom is 0.174 e. The average Bonchev–Trinajstić information content (AvgIpc) is 2.95. The van der Waals surface area contributed by atoms with Crippen molar-refractivity contribution in [3.8, 4) is 6.07 Å². The van der Waals surface area contributed by atoms with Crippen LogP contribution in [0, 0.1) is 11.3 Å². The van der Waals surface area contributed by atoms with E-state index in [1.807, 2.05) is 42.5 Å². The molecule has 2 aromatic heterocycles. The first-order valence-corrected chi connectivity index (χ1v) is 8.03. The van der Waals surface area contributed by atoms with Gasteiger partial charge >= 0.3 is 0 Å². The molecule has 0 fully saturated rings. The molecule has 0 saturated heterocycles. The van der Waals surface area contributed by atoms with Gasteiger partial charge in [0.25, 0.3) is 0 Å². The van der Waals surface area contributed by atoms with Crippen molar-refractivity contribution in [2.75, 3.05) is 5.75 Å². The number of imidazole rings is 1. The van der Waals surface area contributed by atoms with Crippen molar-refractivity contribution in [3.05, 3.63) is 48.5 Å². The van der Waals surface area contributed by atoms with Crippen LogP contribution in [0.3, 0.4) is 0 Å². The number of nitrogens with zero attached hydrogens (tertiary/aromatic N) is 4. The van der Waals surface area contributed by atoms with Crippen LogP contribution in [0.5, 0.6) is 0 Å². The Kier molecular flexibility index (Phi) is 3.17. The highest BCUT2D eigenvalue weighted by molar-refractivity contribution is 7.99. The summed E-state index contributed by atoms with van der Waals surface area (Å²) in [7, 11) is 0. The minimum atomic E-state index is 0.507. The SMILES string of the molecule is N#CCCSc1nc2ccccc2c2nc3ccccc3n12. The molecule has 0 aliphatic rings. The molecule has 22 heavy (non-hydrogen) atoms. The van der Waals surface area contributed by atoms with Crippen LogP contribution in [0.4, 0.5) is 0 Å². The third-order valence-electron chi connectivity index (χ3n) is 3.56. The van der Waals surface area contributed by atoms with Crippen LogP contribution >= 0.6 is 11.8 Å². The fourth-order valence-corrected chi connectivity index (χ4v) is 3.45. The summed E-state index contributed by atoms with van der Waals surface area (Å²) in [6, 6.07) is 18.3. The standard InChI is InChI=1S/C17H12N4S/c18-10-5-11-22-17-20-13-7-2-1-6-12(13)16-19-14-8-3-4-9-15(14)21(16)17/h1-4,6-9H,5,11H2. The summed E-state index contributed by atoms with van der Waals surface area (Å²) in [4.78, 5) is 9.55. The first kappa shape index (κ1) is 13.1. The van der Waals surface area contributed by atoms with Gasteiger partial charge in [-0.25, -0.2) is 9.97 Å². The minimum Gasteiger partial charge on any atom is -0.271 e. The molecule has 4 rings (SSSR count). The summed E-state index contributed by atoms with van der Waals surface area (Å²) < 4.78 is 2.10. The van der Waals surface area contributed by atoms with Gasteiger partial charge in [-0.15, -0.1) is 0 Å². The van der Waals surface area contributed by atoms with Crippen molar-refractivity contribution in [3.63, 3.8) is 0 Å². The molecular weight excluding hydrogens is 292 g/mol. The highest BCUT2D eigenvalue weighted by Gasteiger charge is 2.13. The fraction of sp³-hybridized carbons (Fsp3) is 0.118. The zero-order valence-corrected chi connectivity index (χ0v) is 12.5. The predicted octanol–water partition coefficient (Wildman–Crippen LogP) is 4.04. The molecule has 2 aromatic carbocycles. The van der Waals surface area contributed by atoms with Gasteiger partial charge in [0.05, 0.1) is 22.6 Å². The Labute approximate surface area is 131 Å². The van der Waals surface area contributed by atoms with Gasteiger partial charge in [-0.05, 0) is 24.3 Å². The average molecular weight is 304 g/mol. The van der Waals surface area contributed by atoms with Crippen LogP contribution in [0.25, 0.3) is 27.6 Å². The lowest BCUT2D eigenvalue weighted by Crippen LogP contribution is -1.97. The third kappa shape index (κ3) is 2.00. The molecule has 0 amide bonds.